The number of rotatable bonds is 7. The number of piperazine rings is 1. The first kappa shape index (κ1) is 19.4. The summed E-state index contributed by atoms with van der Waals surface area (Å²) >= 11 is 6.00. The fraction of sp³-hybridized carbons (Fsp3) is 0.632. The smallest absolute Gasteiger partial charge is 0.225 e. The number of methoxy groups -OCH3 is 1. The molecule has 1 aromatic carbocycles. The van der Waals surface area contributed by atoms with Gasteiger partial charge >= 0.3 is 0 Å². The Bertz CT molecular complexity index is 600. The molecule has 1 aromatic rings. The van der Waals surface area contributed by atoms with Crippen LogP contribution in [0.15, 0.2) is 18.2 Å². The van der Waals surface area contributed by atoms with Gasteiger partial charge in [-0.25, -0.2) is 0 Å². The number of carbonyl (C=O) groups is 1. The van der Waals surface area contributed by atoms with Crippen molar-refractivity contribution in [1.82, 2.24) is 9.80 Å². The molecule has 2 fully saturated rings. The van der Waals surface area contributed by atoms with Gasteiger partial charge in [0.2, 0.25) is 5.91 Å². The van der Waals surface area contributed by atoms with E-state index in [-0.39, 0.29) is 5.91 Å². The van der Waals surface area contributed by atoms with Crippen LogP contribution < -0.4 is 10.1 Å². The molecular weight excluding hydrogens is 354 g/mol. The zero-order chi connectivity index (χ0) is 18.4. The highest BCUT2D eigenvalue weighted by atomic mass is 35.5. The van der Waals surface area contributed by atoms with Crippen molar-refractivity contribution in [3.8, 4) is 5.75 Å². The minimum Gasteiger partial charge on any atom is -0.495 e. The van der Waals surface area contributed by atoms with Crippen LogP contribution in [-0.2, 0) is 9.53 Å². The number of nitrogens with zero attached hydrogens (tertiary/aromatic N) is 2. The molecule has 1 unspecified atom stereocenters. The molecule has 6 nitrogen and oxygen atoms in total. The Kier molecular flexibility index (Phi) is 7.14. The molecule has 2 saturated heterocycles. The van der Waals surface area contributed by atoms with Gasteiger partial charge in [0.05, 0.1) is 18.9 Å². The normalized spacial score (nSPS) is 21.7. The standard InChI is InChI=1S/C19H28ClN3O3/c1-25-18-5-4-15(20)13-17(18)21-19(24)6-7-22-8-10-23(11-9-22)14-16-3-2-12-26-16/h4-5,13,16H,2-3,6-12,14H2,1H3,(H,21,24). The first-order chi connectivity index (χ1) is 12.6. The first-order valence-electron chi connectivity index (χ1n) is 9.34. The summed E-state index contributed by atoms with van der Waals surface area (Å²) in [5.41, 5.74) is 0.617. The Balaban J connectivity index is 1.38. The number of halogens is 1. The van der Waals surface area contributed by atoms with Gasteiger partial charge in [-0.2, -0.15) is 0 Å². The van der Waals surface area contributed by atoms with Crippen molar-refractivity contribution in [2.45, 2.75) is 25.4 Å². The number of benzene rings is 1. The van der Waals surface area contributed by atoms with Gasteiger partial charge in [0.25, 0.3) is 0 Å². The molecule has 2 aliphatic rings. The molecule has 1 amide bonds. The van der Waals surface area contributed by atoms with Crippen LogP contribution in [0.5, 0.6) is 5.75 Å². The molecule has 1 N–H and O–H groups in total. The van der Waals surface area contributed by atoms with E-state index < -0.39 is 0 Å². The summed E-state index contributed by atoms with van der Waals surface area (Å²) in [5.74, 6) is 0.595. The number of amides is 1. The summed E-state index contributed by atoms with van der Waals surface area (Å²) in [7, 11) is 1.58. The number of ether oxygens (including phenoxy) is 2. The van der Waals surface area contributed by atoms with Crippen molar-refractivity contribution < 1.29 is 14.3 Å². The summed E-state index contributed by atoms with van der Waals surface area (Å²) < 4.78 is 11.0. The molecule has 0 aromatic heterocycles. The number of hydrogen-bond acceptors (Lipinski definition) is 5. The van der Waals surface area contributed by atoms with E-state index in [2.05, 4.69) is 15.1 Å². The molecule has 2 aliphatic heterocycles. The molecule has 0 aliphatic carbocycles. The molecule has 7 heteroatoms. The number of nitrogens with one attached hydrogen (secondary N) is 1. The lowest BCUT2D eigenvalue weighted by Gasteiger charge is -2.35. The van der Waals surface area contributed by atoms with Crippen molar-refractivity contribution >= 4 is 23.2 Å². The van der Waals surface area contributed by atoms with E-state index in [0.717, 1.165) is 45.9 Å². The molecule has 1 atom stereocenters. The first-order valence-corrected chi connectivity index (χ1v) is 9.71. The lowest BCUT2D eigenvalue weighted by atomic mass is 10.2. The molecule has 0 radical (unpaired) electrons. The maximum absolute atomic E-state index is 12.3. The summed E-state index contributed by atoms with van der Waals surface area (Å²) in [5, 5.41) is 3.47. The zero-order valence-corrected chi connectivity index (χ0v) is 16.1. The maximum atomic E-state index is 12.3. The van der Waals surface area contributed by atoms with Crippen LogP contribution in [-0.4, -0.2) is 74.8 Å². The van der Waals surface area contributed by atoms with Gasteiger partial charge in [0.15, 0.2) is 0 Å². The average Bonchev–Trinajstić information content (AvgIpc) is 3.14. The van der Waals surface area contributed by atoms with Gasteiger partial charge in [-0.3, -0.25) is 9.69 Å². The van der Waals surface area contributed by atoms with Crippen molar-refractivity contribution in [1.29, 1.82) is 0 Å². The third-order valence-electron chi connectivity index (χ3n) is 5.04. The Morgan fingerprint density at radius 1 is 1.31 bits per heavy atom. The second-order valence-electron chi connectivity index (χ2n) is 6.92. The maximum Gasteiger partial charge on any atom is 0.225 e. The quantitative estimate of drug-likeness (QED) is 0.786. The van der Waals surface area contributed by atoms with Crippen LogP contribution >= 0.6 is 11.6 Å². The predicted octanol–water partition coefficient (Wildman–Crippen LogP) is 2.47. The summed E-state index contributed by atoms with van der Waals surface area (Å²) in [6.45, 7) is 6.82. The minimum absolute atomic E-state index is 0.0210. The Labute approximate surface area is 160 Å². The Morgan fingerprint density at radius 2 is 2.08 bits per heavy atom. The lowest BCUT2D eigenvalue weighted by Crippen LogP contribution is -2.48. The number of anilines is 1. The van der Waals surface area contributed by atoms with Crippen molar-refractivity contribution in [3.63, 3.8) is 0 Å². The average molecular weight is 382 g/mol. The third-order valence-corrected chi connectivity index (χ3v) is 5.28. The van der Waals surface area contributed by atoms with E-state index in [1.807, 2.05) is 0 Å². The lowest BCUT2D eigenvalue weighted by molar-refractivity contribution is -0.116. The van der Waals surface area contributed by atoms with Gasteiger partial charge in [-0.1, -0.05) is 11.6 Å². The third kappa shape index (κ3) is 5.58. The van der Waals surface area contributed by atoms with Crippen molar-refractivity contribution in [2.75, 3.05) is 58.3 Å². The Morgan fingerprint density at radius 3 is 2.77 bits per heavy atom. The molecule has 0 spiro atoms. The fourth-order valence-corrected chi connectivity index (χ4v) is 3.69. The van der Waals surface area contributed by atoms with E-state index >= 15 is 0 Å². The molecule has 2 heterocycles. The van der Waals surface area contributed by atoms with Crippen molar-refractivity contribution in [3.05, 3.63) is 23.2 Å². The fourth-order valence-electron chi connectivity index (χ4n) is 3.52. The molecule has 3 rings (SSSR count). The van der Waals surface area contributed by atoms with Crippen LogP contribution in [0.1, 0.15) is 19.3 Å². The highest BCUT2D eigenvalue weighted by Gasteiger charge is 2.23. The summed E-state index contributed by atoms with van der Waals surface area (Å²) in [6.07, 6.45) is 3.26. The van der Waals surface area contributed by atoms with Gasteiger partial charge in [-0.05, 0) is 31.0 Å². The van der Waals surface area contributed by atoms with Crippen LogP contribution in [0, 0.1) is 0 Å². The van der Waals surface area contributed by atoms with Gasteiger partial charge in [0, 0.05) is 57.3 Å². The monoisotopic (exact) mass is 381 g/mol. The summed E-state index contributed by atoms with van der Waals surface area (Å²) in [4.78, 5) is 17.1. The van der Waals surface area contributed by atoms with Crippen LogP contribution in [0.3, 0.4) is 0 Å². The second kappa shape index (κ2) is 9.55. The predicted molar refractivity (Wildman–Crippen MR) is 103 cm³/mol. The minimum atomic E-state index is -0.0210. The zero-order valence-electron chi connectivity index (χ0n) is 15.4. The topological polar surface area (TPSA) is 54.0 Å². The molecule has 0 bridgehead atoms. The van der Waals surface area contributed by atoms with Crippen LogP contribution in [0.4, 0.5) is 5.69 Å². The Hall–Kier alpha value is -1.34. The van der Waals surface area contributed by atoms with E-state index in [9.17, 15) is 4.79 Å². The number of hydrogen-bond donors (Lipinski definition) is 1. The highest BCUT2D eigenvalue weighted by molar-refractivity contribution is 6.31. The molecule has 0 saturated carbocycles. The molecule has 144 valence electrons. The summed E-state index contributed by atoms with van der Waals surface area (Å²) in [6, 6.07) is 5.21. The van der Waals surface area contributed by atoms with Gasteiger partial charge in [-0.15, -0.1) is 0 Å². The largest absolute Gasteiger partial charge is 0.495 e. The van der Waals surface area contributed by atoms with E-state index in [0.29, 0.717) is 29.0 Å². The van der Waals surface area contributed by atoms with Crippen LogP contribution in [0.25, 0.3) is 0 Å². The van der Waals surface area contributed by atoms with Crippen LogP contribution in [0.2, 0.25) is 5.02 Å². The molecular formula is C19H28ClN3O3. The molecule has 26 heavy (non-hydrogen) atoms. The van der Waals surface area contributed by atoms with E-state index in [1.165, 1.54) is 12.8 Å². The van der Waals surface area contributed by atoms with Gasteiger partial charge < -0.3 is 19.7 Å². The van der Waals surface area contributed by atoms with Gasteiger partial charge in [0.1, 0.15) is 5.75 Å². The highest BCUT2D eigenvalue weighted by Crippen LogP contribution is 2.27. The van der Waals surface area contributed by atoms with E-state index in [4.69, 9.17) is 21.1 Å². The number of carbonyl (C=O) groups excluding carboxylic acids is 1. The second-order valence-corrected chi connectivity index (χ2v) is 7.36. The van der Waals surface area contributed by atoms with Crippen molar-refractivity contribution in [2.24, 2.45) is 0 Å². The SMILES string of the molecule is COc1ccc(Cl)cc1NC(=O)CCN1CCN(CC2CCCO2)CC1. The van der Waals surface area contributed by atoms with E-state index in [1.54, 1.807) is 25.3 Å².